The van der Waals surface area contributed by atoms with Crippen molar-refractivity contribution in [2.24, 2.45) is 0 Å². The molecule has 0 aliphatic rings. The van der Waals surface area contributed by atoms with Gasteiger partial charge in [-0.15, -0.1) is 11.3 Å². The van der Waals surface area contributed by atoms with E-state index in [0.29, 0.717) is 11.9 Å². The number of benzene rings is 2. The molecule has 0 unspecified atom stereocenters. The van der Waals surface area contributed by atoms with Gasteiger partial charge in [0.1, 0.15) is 11.8 Å². The summed E-state index contributed by atoms with van der Waals surface area (Å²) in [5, 5.41) is 8.85. The number of methoxy groups -OCH3 is 1. The summed E-state index contributed by atoms with van der Waals surface area (Å²) < 4.78 is 8.35. The zero-order valence-electron chi connectivity index (χ0n) is 16.4. The fraction of sp³-hybridized carbons (Fsp3) is 0.227. The van der Waals surface area contributed by atoms with Crippen LogP contribution >= 0.6 is 11.3 Å². The smallest absolute Gasteiger partial charge is 0.276 e. The summed E-state index contributed by atoms with van der Waals surface area (Å²) in [4.78, 5) is 25.9. The summed E-state index contributed by atoms with van der Waals surface area (Å²) in [7, 11) is 1.61. The van der Waals surface area contributed by atoms with Crippen molar-refractivity contribution in [3.8, 4) is 5.75 Å². The molecule has 7 heteroatoms. The molecule has 0 saturated heterocycles. The minimum Gasteiger partial charge on any atom is -0.497 e. The number of rotatable bonds is 5. The number of ether oxygens (including phenoxy) is 1. The third-order valence-electron chi connectivity index (χ3n) is 4.98. The number of carbonyl (C=O) groups excluding carboxylic acids is 1. The van der Waals surface area contributed by atoms with E-state index in [9.17, 15) is 9.59 Å². The molecule has 6 nitrogen and oxygen atoms in total. The van der Waals surface area contributed by atoms with Gasteiger partial charge in [0.05, 0.1) is 22.9 Å². The number of hydrogen-bond donors (Lipinski definition) is 1. The number of amides is 1. The number of aromatic nitrogens is 2. The third-order valence-corrected chi connectivity index (χ3v) is 6.26. The van der Waals surface area contributed by atoms with E-state index in [1.54, 1.807) is 25.4 Å². The molecule has 0 fully saturated rings. The molecule has 0 aliphatic heterocycles. The lowest BCUT2D eigenvalue weighted by Crippen LogP contribution is -2.37. The van der Waals surface area contributed by atoms with Crippen molar-refractivity contribution in [1.29, 1.82) is 0 Å². The standard InChI is InChI=1S/C22H21N3O3S/c1-13-20-19(17-6-4-5-7-18(17)29-20)22(27)25(24-13)14(2)21(26)23-12-15-8-10-16(28-3)11-9-15/h4-11,14H,12H2,1-3H3,(H,23,26)/t14-/m0/s1. The highest BCUT2D eigenvalue weighted by molar-refractivity contribution is 7.26. The second-order valence-electron chi connectivity index (χ2n) is 6.88. The SMILES string of the molecule is COc1ccc(CNC(=O)[C@H](C)n2nc(C)c3sc4ccccc4c3c2=O)cc1. The molecule has 2 aromatic heterocycles. The lowest BCUT2D eigenvalue weighted by Gasteiger charge is -2.15. The summed E-state index contributed by atoms with van der Waals surface area (Å²) in [6.07, 6.45) is 0. The van der Waals surface area contributed by atoms with Crippen molar-refractivity contribution >= 4 is 37.4 Å². The quantitative estimate of drug-likeness (QED) is 0.546. The molecule has 1 N–H and O–H groups in total. The molecule has 1 amide bonds. The third kappa shape index (κ3) is 3.49. The summed E-state index contributed by atoms with van der Waals surface area (Å²) in [5.41, 5.74) is 1.45. The second kappa shape index (κ2) is 7.67. The lowest BCUT2D eigenvalue weighted by molar-refractivity contribution is -0.124. The molecule has 1 atom stereocenters. The molecule has 0 saturated carbocycles. The number of hydrogen-bond acceptors (Lipinski definition) is 5. The second-order valence-corrected chi connectivity index (χ2v) is 7.93. The van der Waals surface area contributed by atoms with Gasteiger partial charge in [0.25, 0.3) is 5.56 Å². The van der Waals surface area contributed by atoms with E-state index < -0.39 is 6.04 Å². The number of nitrogens with one attached hydrogen (secondary N) is 1. The predicted octanol–water partition coefficient (Wildman–Crippen LogP) is 3.81. The molecule has 148 valence electrons. The zero-order valence-corrected chi connectivity index (χ0v) is 17.2. The van der Waals surface area contributed by atoms with Crippen molar-refractivity contribution in [2.75, 3.05) is 7.11 Å². The largest absolute Gasteiger partial charge is 0.497 e. The van der Waals surface area contributed by atoms with Gasteiger partial charge in [0.2, 0.25) is 5.91 Å². The van der Waals surface area contributed by atoms with Crippen LogP contribution < -0.4 is 15.6 Å². The van der Waals surface area contributed by atoms with Gasteiger partial charge in [0, 0.05) is 16.6 Å². The minimum absolute atomic E-state index is 0.241. The maximum atomic E-state index is 13.2. The van der Waals surface area contributed by atoms with Gasteiger partial charge >= 0.3 is 0 Å². The van der Waals surface area contributed by atoms with Gasteiger partial charge in [-0.3, -0.25) is 9.59 Å². The molecule has 2 aromatic carbocycles. The minimum atomic E-state index is -0.720. The van der Waals surface area contributed by atoms with E-state index in [1.807, 2.05) is 55.5 Å². The van der Waals surface area contributed by atoms with Crippen LogP contribution in [-0.2, 0) is 11.3 Å². The average molecular weight is 407 g/mol. The topological polar surface area (TPSA) is 73.2 Å². The first-order valence-electron chi connectivity index (χ1n) is 9.31. The van der Waals surface area contributed by atoms with Gasteiger partial charge in [-0.1, -0.05) is 30.3 Å². The maximum absolute atomic E-state index is 13.2. The van der Waals surface area contributed by atoms with Crippen molar-refractivity contribution in [3.63, 3.8) is 0 Å². The first-order valence-corrected chi connectivity index (χ1v) is 10.1. The highest BCUT2D eigenvalue weighted by Gasteiger charge is 2.21. The molecule has 2 heterocycles. The van der Waals surface area contributed by atoms with Crippen LogP contribution in [0.1, 0.15) is 24.2 Å². The van der Waals surface area contributed by atoms with E-state index in [-0.39, 0.29) is 11.5 Å². The molecular weight excluding hydrogens is 386 g/mol. The monoisotopic (exact) mass is 407 g/mol. The Morgan fingerprint density at radius 3 is 2.66 bits per heavy atom. The van der Waals surface area contributed by atoms with Crippen LogP contribution in [0.15, 0.2) is 53.3 Å². The van der Waals surface area contributed by atoms with Gasteiger partial charge in [-0.05, 0) is 37.6 Å². The molecule has 0 spiro atoms. The van der Waals surface area contributed by atoms with Gasteiger partial charge in [-0.2, -0.15) is 5.10 Å². The van der Waals surface area contributed by atoms with E-state index in [1.165, 1.54) is 4.68 Å². The van der Waals surface area contributed by atoms with Gasteiger partial charge in [0.15, 0.2) is 0 Å². The van der Waals surface area contributed by atoms with Crippen LogP contribution in [0.3, 0.4) is 0 Å². The lowest BCUT2D eigenvalue weighted by atomic mass is 10.2. The fourth-order valence-electron chi connectivity index (χ4n) is 3.33. The summed E-state index contributed by atoms with van der Waals surface area (Å²) in [6, 6.07) is 14.5. The molecule has 0 aliphatic carbocycles. The van der Waals surface area contributed by atoms with Crippen LogP contribution in [0.5, 0.6) is 5.75 Å². The van der Waals surface area contributed by atoms with Crippen LogP contribution in [0.4, 0.5) is 0 Å². The Morgan fingerprint density at radius 2 is 1.93 bits per heavy atom. The number of carbonyl (C=O) groups is 1. The maximum Gasteiger partial charge on any atom is 0.276 e. The molecule has 0 radical (unpaired) electrons. The highest BCUT2D eigenvalue weighted by atomic mass is 32.1. The predicted molar refractivity (Wildman–Crippen MR) is 116 cm³/mol. The number of nitrogens with zero attached hydrogens (tertiary/aromatic N) is 2. The molecule has 4 aromatic rings. The van der Waals surface area contributed by atoms with E-state index in [4.69, 9.17) is 4.74 Å². The molecular formula is C22H21N3O3S. The summed E-state index contributed by atoms with van der Waals surface area (Å²) in [6.45, 7) is 3.93. The number of aryl methyl sites for hydroxylation is 1. The summed E-state index contributed by atoms with van der Waals surface area (Å²) >= 11 is 1.56. The normalized spacial score (nSPS) is 12.2. The van der Waals surface area contributed by atoms with Crippen molar-refractivity contribution in [2.45, 2.75) is 26.4 Å². The van der Waals surface area contributed by atoms with E-state index in [2.05, 4.69) is 10.4 Å². The van der Waals surface area contributed by atoms with E-state index in [0.717, 1.165) is 31.8 Å². The Hall–Kier alpha value is -3.19. The van der Waals surface area contributed by atoms with Gasteiger partial charge in [-0.25, -0.2) is 4.68 Å². The number of thiophene rings is 1. The zero-order chi connectivity index (χ0) is 20.5. The van der Waals surface area contributed by atoms with Crippen molar-refractivity contribution in [3.05, 3.63) is 70.1 Å². The first kappa shape index (κ1) is 19.1. The first-order chi connectivity index (χ1) is 14.0. The summed E-state index contributed by atoms with van der Waals surface area (Å²) in [5.74, 6) is 0.504. The molecule has 0 bridgehead atoms. The van der Waals surface area contributed by atoms with Crippen LogP contribution in [-0.4, -0.2) is 22.8 Å². The van der Waals surface area contributed by atoms with Crippen LogP contribution in [0.2, 0.25) is 0 Å². The fourth-order valence-corrected chi connectivity index (χ4v) is 4.47. The Labute approximate surface area is 171 Å². The molecule has 29 heavy (non-hydrogen) atoms. The average Bonchev–Trinajstić information content (AvgIpc) is 3.15. The highest BCUT2D eigenvalue weighted by Crippen LogP contribution is 2.32. The van der Waals surface area contributed by atoms with Crippen molar-refractivity contribution in [1.82, 2.24) is 15.1 Å². The Bertz CT molecular complexity index is 1260. The van der Waals surface area contributed by atoms with Crippen molar-refractivity contribution < 1.29 is 9.53 Å². The van der Waals surface area contributed by atoms with Crippen LogP contribution in [0, 0.1) is 6.92 Å². The van der Waals surface area contributed by atoms with Gasteiger partial charge < -0.3 is 10.1 Å². The number of fused-ring (bicyclic) bond motifs is 3. The Balaban J connectivity index is 1.62. The Morgan fingerprint density at radius 1 is 1.21 bits per heavy atom. The van der Waals surface area contributed by atoms with E-state index >= 15 is 0 Å². The van der Waals surface area contributed by atoms with Crippen LogP contribution in [0.25, 0.3) is 20.2 Å². The Kier molecular flexibility index (Phi) is 5.07. The molecule has 4 rings (SSSR count).